The van der Waals surface area contributed by atoms with Crippen LogP contribution in [-0.2, 0) is 0 Å². The van der Waals surface area contributed by atoms with Crippen molar-refractivity contribution in [2.24, 2.45) is 0 Å². The van der Waals surface area contributed by atoms with Crippen LogP contribution in [0, 0.1) is 5.82 Å². The minimum absolute atomic E-state index is 0.0254. The zero-order valence-corrected chi connectivity index (χ0v) is 11.2. The van der Waals surface area contributed by atoms with Gasteiger partial charge in [-0.25, -0.2) is 14.2 Å². The summed E-state index contributed by atoms with van der Waals surface area (Å²) in [5.41, 5.74) is -0.504. The number of nitrogens with zero attached hydrogens (tertiary/aromatic N) is 1. The predicted molar refractivity (Wildman–Crippen MR) is 76.8 cm³/mol. The van der Waals surface area contributed by atoms with Gasteiger partial charge in [-0.05, 0) is 30.3 Å². The molecule has 0 spiro atoms. The molecule has 0 bridgehead atoms. The fourth-order valence-electron chi connectivity index (χ4n) is 2.06. The number of carboxylic acid groups (broad SMARTS) is 1. The van der Waals surface area contributed by atoms with Crippen LogP contribution in [0.5, 0.6) is 17.4 Å². The van der Waals surface area contributed by atoms with E-state index in [1.807, 2.05) is 0 Å². The Labute approximate surface area is 124 Å². The van der Waals surface area contributed by atoms with Crippen molar-refractivity contribution < 1.29 is 24.1 Å². The molecular weight excluding hydrogens is 289 g/mol. The highest BCUT2D eigenvalue weighted by molar-refractivity contribution is 6.00. The van der Waals surface area contributed by atoms with E-state index in [-0.39, 0.29) is 5.88 Å². The molecule has 0 atom stereocenters. The van der Waals surface area contributed by atoms with E-state index in [0.717, 1.165) is 0 Å². The molecule has 3 aromatic rings. The van der Waals surface area contributed by atoms with Crippen LogP contribution in [0.3, 0.4) is 0 Å². The summed E-state index contributed by atoms with van der Waals surface area (Å²) in [4.78, 5) is 15.0. The molecule has 6 heteroatoms. The van der Waals surface area contributed by atoms with E-state index < -0.39 is 23.2 Å². The Morgan fingerprint density at radius 3 is 2.32 bits per heavy atom. The third kappa shape index (κ3) is 2.42. The summed E-state index contributed by atoms with van der Waals surface area (Å²) >= 11 is 0. The Morgan fingerprint density at radius 2 is 1.68 bits per heavy atom. The Hall–Kier alpha value is -3.15. The van der Waals surface area contributed by atoms with Crippen LogP contribution < -0.4 is 4.74 Å². The first-order valence-corrected chi connectivity index (χ1v) is 6.34. The summed E-state index contributed by atoms with van der Waals surface area (Å²) in [7, 11) is 0. The first-order chi connectivity index (χ1) is 10.6. The number of halogens is 1. The Morgan fingerprint density at radius 1 is 1.05 bits per heavy atom. The van der Waals surface area contributed by atoms with Gasteiger partial charge in [0.1, 0.15) is 11.6 Å². The molecule has 3 rings (SSSR count). The number of rotatable bonds is 3. The van der Waals surface area contributed by atoms with E-state index in [2.05, 4.69) is 4.98 Å². The molecule has 0 aliphatic heterocycles. The van der Waals surface area contributed by atoms with Crippen LogP contribution in [-0.4, -0.2) is 21.2 Å². The molecule has 0 saturated heterocycles. The monoisotopic (exact) mass is 299 g/mol. The van der Waals surface area contributed by atoms with E-state index >= 15 is 0 Å². The van der Waals surface area contributed by atoms with Gasteiger partial charge < -0.3 is 14.9 Å². The number of ether oxygens (including phenoxy) is 1. The van der Waals surface area contributed by atoms with Crippen molar-refractivity contribution in [1.82, 2.24) is 4.98 Å². The van der Waals surface area contributed by atoms with Gasteiger partial charge in [-0.2, -0.15) is 0 Å². The minimum atomic E-state index is -1.37. The zero-order chi connectivity index (χ0) is 15.7. The van der Waals surface area contributed by atoms with E-state index in [4.69, 9.17) is 9.84 Å². The van der Waals surface area contributed by atoms with Gasteiger partial charge in [0, 0.05) is 10.8 Å². The van der Waals surface area contributed by atoms with Crippen LogP contribution in [0.1, 0.15) is 10.5 Å². The third-order valence-electron chi connectivity index (χ3n) is 3.08. The standard InChI is InChI=1S/C16H10FNO4/c17-9-5-7-10(8-6-9)22-15-12-4-2-1-3-11(12)14(19)13(18-15)16(20)21/h1-8,19H,(H,20,21). The van der Waals surface area contributed by atoms with Crippen LogP contribution in [0.2, 0.25) is 0 Å². The normalized spacial score (nSPS) is 10.6. The molecule has 0 amide bonds. The van der Waals surface area contributed by atoms with E-state index in [1.54, 1.807) is 24.3 Å². The molecular formula is C16H10FNO4. The number of aromatic carboxylic acids is 1. The van der Waals surface area contributed by atoms with Gasteiger partial charge in [-0.1, -0.05) is 18.2 Å². The molecule has 2 N–H and O–H groups in total. The van der Waals surface area contributed by atoms with E-state index in [9.17, 15) is 14.3 Å². The van der Waals surface area contributed by atoms with Crippen molar-refractivity contribution in [3.05, 3.63) is 60.0 Å². The number of aromatic hydroxyl groups is 1. The van der Waals surface area contributed by atoms with Crippen molar-refractivity contribution in [3.8, 4) is 17.4 Å². The summed E-state index contributed by atoms with van der Waals surface area (Å²) in [6.07, 6.45) is 0. The van der Waals surface area contributed by atoms with Crippen molar-refractivity contribution >= 4 is 16.7 Å². The number of carbonyl (C=O) groups is 1. The number of benzene rings is 2. The fraction of sp³-hybridized carbons (Fsp3) is 0. The SMILES string of the molecule is O=C(O)c1nc(Oc2ccc(F)cc2)c2ccccc2c1O. The van der Waals surface area contributed by atoms with Crippen molar-refractivity contribution in [2.75, 3.05) is 0 Å². The molecule has 0 fully saturated rings. The molecule has 2 aromatic carbocycles. The van der Waals surface area contributed by atoms with Crippen LogP contribution >= 0.6 is 0 Å². The molecule has 0 unspecified atom stereocenters. The Kier molecular flexibility index (Phi) is 3.34. The summed E-state index contributed by atoms with van der Waals surface area (Å²) in [5, 5.41) is 19.9. The first-order valence-electron chi connectivity index (χ1n) is 6.34. The Bertz CT molecular complexity index is 862. The lowest BCUT2D eigenvalue weighted by Crippen LogP contribution is -2.03. The lowest BCUT2D eigenvalue weighted by molar-refractivity contribution is 0.0686. The number of aromatic nitrogens is 1. The molecule has 0 aliphatic carbocycles. The average molecular weight is 299 g/mol. The van der Waals surface area contributed by atoms with Crippen LogP contribution in [0.25, 0.3) is 10.8 Å². The Balaban J connectivity index is 2.17. The summed E-state index contributed by atoms with van der Waals surface area (Å²) in [5.74, 6) is -1.87. The number of hydrogen-bond acceptors (Lipinski definition) is 4. The number of fused-ring (bicyclic) bond motifs is 1. The second kappa shape index (κ2) is 5.33. The van der Waals surface area contributed by atoms with Gasteiger partial charge in [-0.15, -0.1) is 0 Å². The molecule has 110 valence electrons. The van der Waals surface area contributed by atoms with Gasteiger partial charge in [0.25, 0.3) is 0 Å². The highest BCUT2D eigenvalue weighted by Gasteiger charge is 2.19. The van der Waals surface area contributed by atoms with E-state index in [0.29, 0.717) is 16.5 Å². The lowest BCUT2D eigenvalue weighted by Gasteiger charge is -2.11. The first kappa shape index (κ1) is 13.8. The number of pyridine rings is 1. The number of carboxylic acids is 1. The maximum Gasteiger partial charge on any atom is 0.358 e. The molecule has 1 aromatic heterocycles. The van der Waals surface area contributed by atoms with Crippen LogP contribution in [0.4, 0.5) is 4.39 Å². The minimum Gasteiger partial charge on any atom is -0.505 e. The summed E-state index contributed by atoms with van der Waals surface area (Å²) < 4.78 is 18.5. The molecule has 0 radical (unpaired) electrons. The van der Waals surface area contributed by atoms with Gasteiger partial charge >= 0.3 is 5.97 Å². The predicted octanol–water partition coefficient (Wildman–Crippen LogP) is 3.57. The summed E-state index contributed by atoms with van der Waals surface area (Å²) in [6.45, 7) is 0. The van der Waals surface area contributed by atoms with Crippen molar-refractivity contribution in [1.29, 1.82) is 0 Å². The molecule has 1 heterocycles. The third-order valence-corrected chi connectivity index (χ3v) is 3.08. The smallest absolute Gasteiger partial charge is 0.358 e. The number of hydrogen-bond donors (Lipinski definition) is 2. The maximum absolute atomic E-state index is 12.9. The lowest BCUT2D eigenvalue weighted by atomic mass is 10.1. The van der Waals surface area contributed by atoms with Gasteiger partial charge in [0.15, 0.2) is 11.4 Å². The molecule has 5 nitrogen and oxygen atoms in total. The van der Waals surface area contributed by atoms with Crippen molar-refractivity contribution in [2.45, 2.75) is 0 Å². The van der Waals surface area contributed by atoms with E-state index in [1.165, 1.54) is 24.3 Å². The molecule has 0 saturated carbocycles. The fourth-order valence-corrected chi connectivity index (χ4v) is 2.06. The van der Waals surface area contributed by atoms with Crippen molar-refractivity contribution in [3.63, 3.8) is 0 Å². The second-order valence-electron chi connectivity index (χ2n) is 4.52. The topological polar surface area (TPSA) is 79.7 Å². The second-order valence-corrected chi connectivity index (χ2v) is 4.52. The zero-order valence-electron chi connectivity index (χ0n) is 11.2. The highest BCUT2D eigenvalue weighted by atomic mass is 19.1. The quantitative estimate of drug-likeness (QED) is 0.773. The highest BCUT2D eigenvalue weighted by Crippen LogP contribution is 2.35. The largest absolute Gasteiger partial charge is 0.505 e. The molecule has 22 heavy (non-hydrogen) atoms. The van der Waals surface area contributed by atoms with Crippen LogP contribution in [0.15, 0.2) is 48.5 Å². The average Bonchev–Trinajstić information content (AvgIpc) is 2.52. The van der Waals surface area contributed by atoms with Gasteiger partial charge in [-0.3, -0.25) is 0 Å². The maximum atomic E-state index is 12.9. The molecule has 0 aliphatic rings. The summed E-state index contributed by atoms with van der Waals surface area (Å²) in [6, 6.07) is 11.8. The van der Waals surface area contributed by atoms with Gasteiger partial charge in [0.05, 0.1) is 0 Å². The van der Waals surface area contributed by atoms with Gasteiger partial charge in [0.2, 0.25) is 5.88 Å².